The number of Topliss-reactive ketones (excluding diaryl/α,β-unsaturated/α-hetero) is 2. The number of aliphatic hydroxyl groups is 3. The standard InChI is InChI=1S/C28H27N3O8/c1-31(2)21-16-10-13-9-15-14(11-4-3-5-12(8-11)26(29)37)6-7-17(32)19(15)22(33)18(13)24(35)28(16,39)25(36)20(23(21)34)27(30)38/h3-8,13,16,21,32,34-35,39H,9-10H2,1-2H3,(H2,29,37)(H2,30,38)/t13-,16+,21+,28-/m0/s1. The number of aromatic hydroxyl groups is 1. The zero-order valence-corrected chi connectivity index (χ0v) is 21.1. The van der Waals surface area contributed by atoms with Crippen LogP contribution in [0.25, 0.3) is 11.1 Å². The number of phenols is 1. The molecule has 11 nitrogen and oxygen atoms in total. The highest BCUT2D eigenvalue weighted by Gasteiger charge is 2.63. The Labute approximate surface area is 222 Å². The van der Waals surface area contributed by atoms with Gasteiger partial charge in [0.15, 0.2) is 11.4 Å². The molecule has 8 N–H and O–H groups in total. The number of likely N-dealkylation sites (N-methyl/N-ethyl adjacent to an activating group) is 1. The van der Waals surface area contributed by atoms with E-state index in [1.807, 2.05) is 0 Å². The van der Waals surface area contributed by atoms with E-state index in [1.54, 1.807) is 44.4 Å². The molecule has 0 heterocycles. The number of ketones is 2. The van der Waals surface area contributed by atoms with Gasteiger partial charge in [-0.05, 0) is 67.7 Å². The first-order valence-electron chi connectivity index (χ1n) is 12.2. The molecule has 2 aromatic rings. The Hall–Kier alpha value is -4.48. The highest BCUT2D eigenvalue weighted by Crippen LogP contribution is 2.53. The summed E-state index contributed by atoms with van der Waals surface area (Å²) in [4.78, 5) is 52.5. The molecule has 3 aliphatic rings. The lowest BCUT2D eigenvalue weighted by molar-refractivity contribution is -0.148. The number of allylic oxidation sites excluding steroid dienone is 1. The van der Waals surface area contributed by atoms with Gasteiger partial charge in [-0.2, -0.15) is 0 Å². The summed E-state index contributed by atoms with van der Waals surface area (Å²) in [5.41, 5.74) is 8.70. The van der Waals surface area contributed by atoms with Gasteiger partial charge in [-0.3, -0.25) is 24.1 Å². The van der Waals surface area contributed by atoms with Gasteiger partial charge in [0.2, 0.25) is 11.7 Å². The molecule has 2 amide bonds. The Bertz CT molecular complexity index is 1560. The van der Waals surface area contributed by atoms with Gasteiger partial charge in [0.1, 0.15) is 22.8 Å². The molecule has 2 aromatic carbocycles. The van der Waals surface area contributed by atoms with Crippen LogP contribution in [0.3, 0.4) is 0 Å². The molecular formula is C28H27N3O8. The number of fused-ring (bicyclic) bond motifs is 3. The molecule has 39 heavy (non-hydrogen) atoms. The van der Waals surface area contributed by atoms with Gasteiger partial charge in [0.05, 0.1) is 11.6 Å². The smallest absolute Gasteiger partial charge is 0.255 e. The lowest BCUT2D eigenvalue weighted by Crippen LogP contribution is -2.63. The molecule has 202 valence electrons. The van der Waals surface area contributed by atoms with E-state index in [4.69, 9.17) is 11.5 Å². The largest absolute Gasteiger partial charge is 0.510 e. The van der Waals surface area contributed by atoms with E-state index in [0.29, 0.717) is 16.7 Å². The predicted octanol–water partition coefficient (Wildman–Crippen LogP) is 0.887. The molecule has 3 aliphatic carbocycles. The lowest BCUT2D eigenvalue weighted by Gasteiger charge is -2.50. The average molecular weight is 534 g/mol. The molecule has 0 spiro atoms. The molecule has 0 aromatic heterocycles. The van der Waals surface area contributed by atoms with Crippen molar-refractivity contribution in [2.45, 2.75) is 24.5 Å². The average Bonchev–Trinajstić information content (AvgIpc) is 2.86. The number of rotatable bonds is 4. The van der Waals surface area contributed by atoms with Crippen molar-refractivity contribution in [1.82, 2.24) is 4.90 Å². The maximum Gasteiger partial charge on any atom is 0.255 e. The number of nitrogens with zero attached hydrogens (tertiary/aromatic N) is 1. The highest BCUT2D eigenvalue weighted by atomic mass is 16.3. The third-order valence-electron chi connectivity index (χ3n) is 8.06. The van der Waals surface area contributed by atoms with Gasteiger partial charge >= 0.3 is 0 Å². The highest BCUT2D eigenvalue weighted by molar-refractivity contribution is 6.25. The first kappa shape index (κ1) is 26.1. The number of amides is 2. The molecule has 0 unspecified atom stereocenters. The predicted molar refractivity (Wildman–Crippen MR) is 138 cm³/mol. The lowest BCUT2D eigenvalue weighted by atomic mass is 9.58. The number of carbonyl (C=O) groups is 4. The summed E-state index contributed by atoms with van der Waals surface area (Å²) in [7, 11) is 3.13. The minimum atomic E-state index is -2.70. The van der Waals surface area contributed by atoms with Crippen molar-refractivity contribution in [3.05, 3.63) is 75.8 Å². The minimum Gasteiger partial charge on any atom is -0.510 e. The van der Waals surface area contributed by atoms with Gasteiger partial charge in [-0.15, -0.1) is 0 Å². The second-order valence-electron chi connectivity index (χ2n) is 10.4. The fraction of sp³-hybridized carbons (Fsp3) is 0.286. The molecule has 0 aliphatic heterocycles. The molecule has 0 bridgehead atoms. The van der Waals surface area contributed by atoms with E-state index in [0.717, 1.165) is 0 Å². The molecule has 4 atom stereocenters. The van der Waals surface area contributed by atoms with Crippen molar-refractivity contribution in [2.75, 3.05) is 14.1 Å². The SMILES string of the molecule is CN(C)[C@H]1C(O)=C(C(N)=O)C(=O)[C@@]2(O)C(O)=C3C(=O)c4c(O)ccc(-c5cccc(C(N)=O)c5)c4C[C@H]3C[C@H]12. The molecule has 0 saturated carbocycles. The van der Waals surface area contributed by atoms with E-state index in [2.05, 4.69) is 0 Å². The van der Waals surface area contributed by atoms with Crippen LogP contribution in [0.5, 0.6) is 5.75 Å². The number of nitrogens with two attached hydrogens (primary N) is 2. The first-order chi connectivity index (χ1) is 18.3. The van der Waals surface area contributed by atoms with Crippen molar-refractivity contribution >= 4 is 23.4 Å². The fourth-order valence-electron chi connectivity index (χ4n) is 6.36. The summed E-state index contributed by atoms with van der Waals surface area (Å²) in [6.07, 6.45) is 0.0985. The second kappa shape index (κ2) is 8.79. The van der Waals surface area contributed by atoms with Gasteiger partial charge in [-0.1, -0.05) is 18.2 Å². The molecule has 0 radical (unpaired) electrons. The summed E-state index contributed by atoms with van der Waals surface area (Å²) < 4.78 is 0. The number of primary amides is 2. The van der Waals surface area contributed by atoms with Crippen LogP contribution in [0.1, 0.15) is 32.7 Å². The number of benzene rings is 2. The zero-order chi connectivity index (χ0) is 28.5. The number of carbonyl (C=O) groups excluding carboxylic acids is 4. The van der Waals surface area contributed by atoms with Crippen LogP contribution in [0.15, 0.2) is 59.1 Å². The van der Waals surface area contributed by atoms with Gasteiger partial charge < -0.3 is 31.9 Å². The zero-order valence-electron chi connectivity index (χ0n) is 21.1. The van der Waals surface area contributed by atoms with Crippen LogP contribution in [0.2, 0.25) is 0 Å². The second-order valence-corrected chi connectivity index (χ2v) is 10.4. The normalized spacial score (nSPS) is 26.3. The summed E-state index contributed by atoms with van der Waals surface area (Å²) in [6.45, 7) is 0. The third-order valence-corrected chi connectivity index (χ3v) is 8.06. The van der Waals surface area contributed by atoms with Crippen LogP contribution in [0, 0.1) is 11.8 Å². The van der Waals surface area contributed by atoms with Gasteiger partial charge in [0, 0.05) is 17.1 Å². The van der Waals surface area contributed by atoms with Crippen LogP contribution >= 0.6 is 0 Å². The Balaban J connectivity index is 1.72. The summed E-state index contributed by atoms with van der Waals surface area (Å²) in [5.74, 6) is -7.76. The Morgan fingerprint density at radius 3 is 2.33 bits per heavy atom. The number of hydrogen-bond donors (Lipinski definition) is 6. The van der Waals surface area contributed by atoms with Crippen LogP contribution in [-0.2, 0) is 16.0 Å². The molecule has 0 fully saturated rings. The quantitative estimate of drug-likeness (QED) is 0.308. The minimum absolute atomic E-state index is 0.0256. The maximum absolute atomic E-state index is 13.8. The summed E-state index contributed by atoms with van der Waals surface area (Å²) >= 11 is 0. The van der Waals surface area contributed by atoms with E-state index < -0.39 is 64.0 Å². The Morgan fingerprint density at radius 2 is 1.72 bits per heavy atom. The van der Waals surface area contributed by atoms with Crippen molar-refractivity contribution < 1.29 is 39.6 Å². The van der Waals surface area contributed by atoms with E-state index in [9.17, 15) is 39.6 Å². The van der Waals surface area contributed by atoms with Gasteiger partial charge in [0.25, 0.3) is 5.91 Å². The molecule has 5 rings (SSSR count). The molecular weight excluding hydrogens is 506 g/mol. The number of aliphatic hydroxyl groups excluding tert-OH is 2. The number of phenolic OH excluding ortho intramolecular Hbond substituents is 1. The van der Waals surface area contributed by atoms with Crippen molar-refractivity contribution in [3.8, 4) is 16.9 Å². The monoisotopic (exact) mass is 533 g/mol. The van der Waals surface area contributed by atoms with Crippen molar-refractivity contribution in [3.63, 3.8) is 0 Å². The van der Waals surface area contributed by atoms with Crippen LogP contribution in [-0.4, -0.2) is 74.4 Å². The number of hydrogen-bond acceptors (Lipinski definition) is 9. The van der Waals surface area contributed by atoms with Crippen LogP contribution in [0.4, 0.5) is 0 Å². The Kier molecular flexibility index (Phi) is 5.89. The maximum atomic E-state index is 13.8. The van der Waals surface area contributed by atoms with E-state index >= 15 is 0 Å². The first-order valence-corrected chi connectivity index (χ1v) is 12.2. The topological polar surface area (TPSA) is 204 Å². The fourth-order valence-corrected chi connectivity index (χ4v) is 6.36. The summed E-state index contributed by atoms with van der Waals surface area (Å²) in [6, 6.07) is 8.31. The molecule has 0 saturated heterocycles. The third kappa shape index (κ3) is 3.57. The Morgan fingerprint density at radius 1 is 1.03 bits per heavy atom. The van der Waals surface area contributed by atoms with Gasteiger partial charge in [-0.25, -0.2) is 0 Å². The van der Waals surface area contributed by atoms with Crippen molar-refractivity contribution in [1.29, 1.82) is 0 Å². The van der Waals surface area contributed by atoms with E-state index in [-0.39, 0.29) is 35.3 Å². The molecule has 11 heteroatoms. The van der Waals surface area contributed by atoms with E-state index in [1.165, 1.54) is 11.0 Å². The van der Waals surface area contributed by atoms with Crippen molar-refractivity contribution in [2.24, 2.45) is 23.3 Å². The summed E-state index contributed by atoms with van der Waals surface area (Å²) in [5, 5.41) is 44.6. The van der Waals surface area contributed by atoms with Crippen LogP contribution < -0.4 is 11.5 Å².